The Morgan fingerprint density at radius 2 is 1.89 bits per heavy atom. The molecule has 138 valence electrons. The summed E-state index contributed by atoms with van der Waals surface area (Å²) in [6, 6.07) is 16.2. The van der Waals surface area contributed by atoms with Crippen molar-refractivity contribution < 1.29 is 4.79 Å². The fraction of sp³-hybridized carbons (Fsp3) is 0.364. The molecule has 1 spiro atoms. The van der Waals surface area contributed by atoms with Crippen LogP contribution in [0.3, 0.4) is 0 Å². The number of carbonyl (C=O) groups excluding carboxylic acids is 1. The molecular weight excluding hydrogens is 336 g/mol. The molecule has 5 rings (SSSR count). The molecule has 0 radical (unpaired) electrons. The summed E-state index contributed by atoms with van der Waals surface area (Å²) in [7, 11) is 2.03. The van der Waals surface area contributed by atoms with Crippen LogP contribution in [0.2, 0.25) is 0 Å². The number of nitrogens with one attached hydrogen (secondary N) is 2. The third kappa shape index (κ3) is 2.82. The third-order valence-electron chi connectivity index (χ3n) is 6.30. The molecular formula is C22H24N4O. The fourth-order valence-corrected chi connectivity index (χ4v) is 4.53. The first kappa shape index (κ1) is 16.5. The molecule has 2 heterocycles. The maximum Gasteiger partial charge on any atom is 0.228 e. The summed E-state index contributed by atoms with van der Waals surface area (Å²) in [6.07, 6.45) is 3.28. The zero-order valence-corrected chi connectivity index (χ0v) is 15.5. The summed E-state index contributed by atoms with van der Waals surface area (Å²) >= 11 is 0. The number of aryl methyl sites for hydroxylation is 1. The molecule has 1 aliphatic heterocycles. The van der Waals surface area contributed by atoms with Crippen molar-refractivity contribution in [1.29, 1.82) is 0 Å². The molecule has 5 nitrogen and oxygen atoms in total. The van der Waals surface area contributed by atoms with Crippen molar-refractivity contribution in [2.24, 2.45) is 18.4 Å². The Kier molecular flexibility index (Phi) is 3.79. The number of carbonyl (C=O) groups is 1. The second-order valence-corrected chi connectivity index (χ2v) is 7.92. The van der Waals surface area contributed by atoms with Crippen LogP contribution < -0.4 is 10.6 Å². The molecule has 2 aromatic carbocycles. The molecule has 1 aliphatic carbocycles. The van der Waals surface area contributed by atoms with Gasteiger partial charge in [0.15, 0.2) is 0 Å². The number of benzene rings is 2. The lowest BCUT2D eigenvalue weighted by Crippen LogP contribution is -2.31. The molecule has 27 heavy (non-hydrogen) atoms. The number of rotatable bonds is 3. The number of hydrogen-bond acceptors (Lipinski definition) is 3. The third-order valence-corrected chi connectivity index (χ3v) is 6.30. The van der Waals surface area contributed by atoms with Gasteiger partial charge in [-0.25, -0.2) is 4.98 Å². The molecule has 3 aromatic rings. The summed E-state index contributed by atoms with van der Waals surface area (Å²) in [6.45, 7) is 2.08. The van der Waals surface area contributed by atoms with Gasteiger partial charge < -0.3 is 15.2 Å². The number of fused-ring (bicyclic) bond motifs is 1. The standard InChI is InChI=1S/C22H24N4O/c1-26-19-5-3-2-4-18(19)25-20(26)15-6-8-16(9-7-15)24-21(27)17-14-22(17)10-12-23-13-11-22/h2-9,17,23H,10-14H2,1H3,(H,24,27). The lowest BCUT2D eigenvalue weighted by molar-refractivity contribution is -0.118. The first-order valence-electron chi connectivity index (χ1n) is 9.70. The average molecular weight is 360 g/mol. The van der Waals surface area contributed by atoms with Gasteiger partial charge in [0, 0.05) is 24.2 Å². The molecule has 2 N–H and O–H groups in total. The highest BCUT2D eigenvalue weighted by Crippen LogP contribution is 2.58. The van der Waals surface area contributed by atoms with E-state index in [0.29, 0.717) is 0 Å². The van der Waals surface area contributed by atoms with Gasteiger partial charge in [-0.15, -0.1) is 0 Å². The molecule has 2 aliphatic rings. The van der Waals surface area contributed by atoms with Crippen molar-refractivity contribution in [3.63, 3.8) is 0 Å². The van der Waals surface area contributed by atoms with E-state index >= 15 is 0 Å². The van der Waals surface area contributed by atoms with E-state index in [2.05, 4.69) is 21.3 Å². The number of para-hydroxylation sites is 2. The summed E-state index contributed by atoms with van der Waals surface area (Å²) in [5, 5.41) is 6.49. The predicted molar refractivity (Wildman–Crippen MR) is 107 cm³/mol. The Morgan fingerprint density at radius 3 is 2.63 bits per heavy atom. The van der Waals surface area contributed by atoms with E-state index in [0.717, 1.165) is 60.5 Å². The normalized spacial score (nSPS) is 20.7. The predicted octanol–water partition coefficient (Wildman–Crippen LogP) is 3.57. The molecule has 1 aromatic heterocycles. The lowest BCUT2D eigenvalue weighted by atomic mass is 9.92. The Bertz CT molecular complexity index is 999. The highest BCUT2D eigenvalue weighted by Gasteiger charge is 2.57. The highest BCUT2D eigenvalue weighted by molar-refractivity contribution is 5.95. The number of anilines is 1. The second-order valence-electron chi connectivity index (χ2n) is 7.92. The van der Waals surface area contributed by atoms with Gasteiger partial charge in [0.05, 0.1) is 11.0 Å². The summed E-state index contributed by atoms with van der Waals surface area (Å²) in [4.78, 5) is 17.4. The molecule has 2 fully saturated rings. The summed E-state index contributed by atoms with van der Waals surface area (Å²) < 4.78 is 2.11. The smallest absolute Gasteiger partial charge is 0.228 e. The van der Waals surface area contributed by atoms with Crippen molar-refractivity contribution in [2.75, 3.05) is 18.4 Å². The summed E-state index contributed by atoms with van der Waals surface area (Å²) in [5.74, 6) is 1.29. The van der Waals surface area contributed by atoms with Gasteiger partial charge in [0.25, 0.3) is 0 Å². The number of nitrogens with zero attached hydrogens (tertiary/aromatic N) is 2. The molecule has 0 bridgehead atoms. The van der Waals surface area contributed by atoms with E-state index in [4.69, 9.17) is 4.98 Å². The Hall–Kier alpha value is -2.66. The van der Waals surface area contributed by atoms with Crippen molar-refractivity contribution in [2.45, 2.75) is 19.3 Å². The maximum atomic E-state index is 12.6. The van der Waals surface area contributed by atoms with Crippen molar-refractivity contribution >= 4 is 22.6 Å². The van der Waals surface area contributed by atoms with Crippen LogP contribution in [0, 0.1) is 11.3 Å². The van der Waals surface area contributed by atoms with Gasteiger partial charge in [0.1, 0.15) is 5.82 Å². The van der Waals surface area contributed by atoms with E-state index in [1.165, 1.54) is 0 Å². The van der Waals surface area contributed by atoms with Crippen LogP contribution in [-0.4, -0.2) is 28.5 Å². The molecule has 1 atom stereocenters. The zero-order valence-electron chi connectivity index (χ0n) is 15.5. The fourth-order valence-electron chi connectivity index (χ4n) is 4.53. The molecule has 1 saturated carbocycles. The number of hydrogen-bond donors (Lipinski definition) is 2. The van der Waals surface area contributed by atoms with Crippen molar-refractivity contribution in [3.8, 4) is 11.4 Å². The number of amides is 1. The van der Waals surface area contributed by atoms with E-state index in [-0.39, 0.29) is 17.2 Å². The second kappa shape index (κ2) is 6.20. The van der Waals surface area contributed by atoms with Crippen LogP contribution in [0.4, 0.5) is 5.69 Å². The van der Waals surface area contributed by atoms with Crippen LogP contribution >= 0.6 is 0 Å². The number of imidazole rings is 1. The molecule has 1 unspecified atom stereocenters. The van der Waals surface area contributed by atoms with E-state index in [1.807, 2.05) is 49.5 Å². The Labute approximate surface area is 158 Å². The minimum atomic E-state index is 0.174. The van der Waals surface area contributed by atoms with Gasteiger partial charge in [-0.3, -0.25) is 4.79 Å². The maximum absolute atomic E-state index is 12.6. The molecule has 1 saturated heterocycles. The molecule has 1 amide bonds. The van der Waals surface area contributed by atoms with Crippen LogP contribution in [0.1, 0.15) is 19.3 Å². The Balaban J connectivity index is 1.32. The van der Waals surface area contributed by atoms with Crippen molar-refractivity contribution in [3.05, 3.63) is 48.5 Å². The minimum Gasteiger partial charge on any atom is -0.327 e. The highest BCUT2D eigenvalue weighted by atomic mass is 16.2. The van der Waals surface area contributed by atoms with E-state index in [1.54, 1.807) is 0 Å². The van der Waals surface area contributed by atoms with E-state index in [9.17, 15) is 4.79 Å². The minimum absolute atomic E-state index is 0.174. The van der Waals surface area contributed by atoms with Crippen LogP contribution in [0.15, 0.2) is 48.5 Å². The lowest BCUT2D eigenvalue weighted by Gasteiger charge is -2.23. The number of aromatic nitrogens is 2. The number of piperidine rings is 1. The Morgan fingerprint density at radius 1 is 1.15 bits per heavy atom. The molecule has 5 heteroatoms. The van der Waals surface area contributed by atoms with Gasteiger partial charge in [-0.05, 0) is 74.2 Å². The summed E-state index contributed by atoms with van der Waals surface area (Å²) in [5.41, 5.74) is 4.29. The quantitative estimate of drug-likeness (QED) is 0.751. The van der Waals surface area contributed by atoms with Crippen LogP contribution in [0.5, 0.6) is 0 Å². The monoisotopic (exact) mass is 360 g/mol. The van der Waals surface area contributed by atoms with Gasteiger partial charge in [-0.1, -0.05) is 12.1 Å². The van der Waals surface area contributed by atoms with Gasteiger partial charge >= 0.3 is 0 Å². The first-order chi connectivity index (χ1) is 13.2. The van der Waals surface area contributed by atoms with Gasteiger partial charge in [-0.2, -0.15) is 0 Å². The average Bonchev–Trinajstić information content (AvgIpc) is 3.29. The van der Waals surface area contributed by atoms with Crippen LogP contribution in [0.25, 0.3) is 22.4 Å². The van der Waals surface area contributed by atoms with Gasteiger partial charge in [0.2, 0.25) is 5.91 Å². The topological polar surface area (TPSA) is 59.0 Å². The van der Waals surface area contributed by atoms with Crippen molar-refractivity contribution in [1.82, 2.24) is 14.9 Å². The largest absolute Gasteiger partial charge is 0.327 e. The zero-order chi connectivity index (χ0) is 18.4. The van der Waals surface area contributed by atoms with E-state index < -0.39 is 0 Å². The first-order valence-corrected chi connectivity index (χ1v) is 9.70. The van der Waals surface area contributed by atoms with Crippen LogP contribution in [-0.2, 0) is 11.8 Å². The SMILES string of the molecule is Cn1c(-c2ccc(NC(=O)C3CC34CCNCC4)cc2)nc2ccccc21.